The largest absolute Gasteiger partial charge is 0.368 e. The van der Waals surface area contributed by atoms with Gasteiger partial charge in [-0.05, 0) is 33.9 Å². The molecule has 5 heteroatoms. The lowest BCUT2D eigenvalue weighted by molar-refractivity contribution is -0.124. The Morgan fingerprint density at radius 2 is 2.17 bits per heavy atom. The summed E-state index contributed by atoms with van der Waals surface area (Å²) in [5.41, 5.74) is 4.93. The number of carbonyl (C=O) groups is 1. The molecule has 0 saturated carbocycles. The van der Waals surface area contributed by atoms with Crippen LogP contribution in [0.2, 0.25) is 0 Å². The zero-order chi connectivity index (χ0) is 13.8. The first-order valence-corrected chi connectivity index (χ1v) is 6.86. The van der Waals surface area contributed by atoms with Gasteiger partial charge in [0, 0.05) is 32.2 Å². The Balaban J connectivity index is 2.58. The third kappa shape index (κ3) is 3.93. The standard InChI is InChI=1S/C13H28N4O/c1-5-6-15-13(3,12(14)18)10-17-8-7-16(4)11(2)9-17/h11,15H,5-10H2,1-4H3,(H2,14,18). The highest BCUT2D eigenvalue weighted by atomic mass is 16.1. The van der Waals surface area contributed by atoms with Crippen LogP contribution in [0.1, 0.15) is 27.2 Å². The van der Waals surface area contributed by atoms with E-state index in [9.17, 15) is 4.79 Å². The van der Waals surface area contributed by atoms with Crippen molar-refractivity contribution in [3.63, 3.8) is 0 Å². The fourth-order valence-corrected chi connectivity index (χ4v) is 2.34. The number of amides is 1. The summed E-state index contributed by atoms with van der Waals surface area (Å²) >= 11 is 0. The van der Waals surface area contributed by atoms with E-state index in [0.717, 1.165) is 32.6 Å². The molecule has 1 heterocycles. The van der Waals surface area contributed by atoms with Crippen LogP contribution in [-0.4, -0.2) is 67.1 Å². The molecular formula is C13H28N4O. The maximum atomic E-state index is 11.7. The van der Waals surface area contributed by atoms with Crippen LogP contribution in [0.3, 0.4) is 0 Å². The number of nitrogens with one attached hydrogen (secondary N) is 1. The molecule has 2 unspecified atom stereocenters. The number of carbonyl (C=O) groups excluding carboxylic acids is 1. The molecule has 5 nitrogen and oxygen atoms in total. The van der Waals surface area contributed by atoms with Gasteiger partial charge in [-0.2, -0.15) is 0 Å². The van der Waals surface area contributed by atoms with Gasteiger partial charge in [0.1, 0.15) is 5.54 Å². The molecule has 1 aliphatic heterocycles. The Hall–Kier alpha value is -0.650. The number of nitrogens with zero attached hydrogens (tertiary/aromatic N) is 2. The number of primary amides is 1. The Morgan fingerprint density at radius 1 is 1.50 bits per heavy atom. The van der Waals surface area contributed by atoms with E-state index in [0.29, 0.717) is 12.6 Å². The molecule has 1 amide bonds. The second-order valence-electron chi connectivity index (χ2n) is 5.69. The summed E-state index contributed by atoms with van der Waals surface area (Å²) in [6.07, 6.45) is 1.00. The van der Waals surface area contributed by atoms with Crippen molar-refractivity contribution in [1.82, 2.24) is 15.1 Å². The molecular weight excluding hydrogens is 228 g/mol. The van der Waals surface area contributed by atoms with E-state index < -0.39 is 5.54 Å². The lowest BCUT2D eigenvalue weighted by Crippen LogP contribution is -2.62. The van der Waals surface area contributed by atoms with Crippen LogP contribution in [0.5, 0.6) is 0 Å². The van der Waals surface area contributed by atoms with Crippen LogP contribution >= 0.6 is 0 Å². The molecule has 0 aromatic rings. The van der Waals surface area contributed by atoms with Crippen molar-refractivity contribution < 1.29 is 4.79 Å². The number of hydrogen-bond acceptors (Lipinski definition) is 4. The van der Waals surface area contributed by atoms with Crippen molar-refractivity contribution in [2.24, 2.45) is 5.73 Å². The first-order chi connectivity index (χ1) is 8.39. The maximum absolute atomic E-state index is 11.7. The molecule has 1 saturated heterocycles. The number of nitrogens with two attached hydrogens (primary N) is 1. The number of piperazine rings is 1. The van der Waals surface area contributed by atoms with E-state index in [4.69, 9.17) is 5.73 Å². The molecule has 0 aromatic carbocycles. The maximum Gasteiger partial charge on any atom is 0.238 e. The number of rotatable bonds is 6. The predicted molar refractivity (Wildman–Crippen MR) is 74.4 cm³/mol. The lowest BCUT2D eigenvalue weighted by Gasteiger charge is -2.41. The summed E-state index contributed by atoms with van der Waals surface area (Å²) in [5, 5.41) is 3.29. The third-order valence-electron chi connectivity index (χ3n) is 3.89. The minimum Gasteiger partial charge on any atom is -0.368 e. The van der Waals surface area contributed by atoms with E-state index in [-0.39, 0.29) is 5.91 Å². The summed E-state index contributed by atoms with van der Waals surface area (Å²) in [6, 6.07) is 0.530. The van der Waals surface area contributed by atoms with Gasteiger partial charge < -0.3 is 16.0 Å². The van der Waals surface area contributed by atoms with Crippen LogP contribution in [0.4, 0.5) is 0 Å². The van der Waals surface area contributed by atoms with Gasteiger partial charge in [-0.1, -0.05) is 6.92 Å². The van der Waals surface area contributed by atoms with Crippen LogP contribution in [0, 0.1) is 0 Å². The van der Waals surface area contributed by atoms with Gasteiger partial charge in [0.05, 0.1) is 0 Å². The molecule has 0 radical (unpaired) electrons. The fourth-order valence-electron chi connectivity index (χ4n) is 2.34. The molecule has 0 aromatic heterocycles. The molecule has 1 aliphatic rings. The molecule has 3 N–H and O–H groups in total. The molecule has 1 fully saturated rings. The quantitative estimate of drug-likeness (QED) is 0.695. The Labute approximate surface area is 111 Å². The van der Waals surface area contributed by atoms with Crippen molar-refractivity contribution in [1.29, 1.82) is 0 Å². The van der Waals surface area contributed by atoms with Crippen LogP contribution in [-0.2, 0) is 4.79 Å². The fraction of sp³-hybridized carbons (Fsp3) is 0.923. The summed E-state index contributed by atoms with van der Waals surface area (Å²) in [5.74, 6) is -0.262. The van der Waals surface area contributed by atoms with Crippen molar-refractivity contribution in [2.45, 2.75) is 38.8 Å². The topological polar surface area (TPSA) is 61.6 Å². The highest BCUT2D eigenvalue weighted by molar-refractivity contribution is 5.84. The predicted octanol–water partition coefficient (Wildman–Crippen LogP) is -0.134. The lowest BCUT2D eigenvalue weighted by atomic mass is 9.99. The van der Waals surface area contributed by atoms with Crippen molar-refractivity contribution in [3.8, 4) is 0 Å². The Kier molecular flexibility index (Phi) is 5.56. The van der Waals surface area contributed by atoms with Crippen LogP contribution in [0.15, 0.2) is 0 Å². The van der Waals surface area contributed by atoms with Gasteiger partial charge >= 0.3 is 0 Å². The second kappa shape index (κ2) is 6.50. The van der Waals surface area contributed by atoms with Gasteiger partial charge in [0.15, 0.2) is 0 Å². The summed E-state index contributed by atoms with van der Waals surface area (Å²) in [4.78, 5) is 16.3. The SMILES string of the molecule is CCCNC(C)(CN1CCN(C)C(C)C1)C(N)=O. The second-order valence-corrected chi connectivity index (χ2v) is 5.69. The number of likely N-dealkylation sites (N-methyl/N-ethyl adjacent to an activating group) is 1. The highest BCUT2D eigenvalue weighted by Crippen LogP contribution is 2.12. The zero-order valence-electron chi connectivity index (χ0n) is 12.2. The van der Waals surface area contributed by atoms with E-state index in [1.165, 1.54) is 0 Å². The van der Waals surface area contributed by atoms with Crippen molar-refractivity contribution in [3.05, 3.63) is 0 Å². The Bertz CT molecular complexity index is 284. The summed E-state index contributed by atoms with van der Waals surface area (Å²) in [7, 11) is 2.14. The molecule has 106 valence electrons. The average Bonchev–Trinajstić information content (AvgIpc) is 2.31. The van der Waals surface area contributed by atoms with Crippen molar-refractivity contribution >= 4 is 5.91 Å². The van der Waals surface area contributed by atoms with E-state index in [1.807, 2.05) is 6.92 Å². The normalized spacial score (nSPS) is 25.9. The molecule has 0 bridgehead atoms. The first kappa shape index (κ1) is 15.4. The van der Waals surface area contributed by atoms with Gasteiger partial charge in [-0.3, -0.25) is 9.69 Å². The highest BCUT2D eigenvalue weighted by Gasteiger charge is 2.34. The van der Waals surface area contributed by atoms with E-state index >= 15 is 0 Å². The van der Waals surface area contributed by atoms with Crippen LogP contribution in [0.25, 0.3) is 0 Å². The zero-order valence-corrected chi connectivity index (χ0v) is 12.2. The minimum atomic E-state index is -0.619. The van der Waals surface area contributed by atoms with Gasteiger partial charge in [-0.25, -0.2) is 0 Å². The first-order valence-electron chi connectivity index (χ1n) is 6.86. The molecule has 2 atom stereocenters. The third-order valence-corrected chi connectivity index (χ3v) is 3.89. The molecule has 18 heavy (non-hydrogen) atoms. The summed E-state index contributed by atoms with van der Waals surface area (Å²) < 4.78 is 0. The average molecular weight is 256 g/mol. The number of hydrogen-bond donors (Lipinski definition) is 2. The van der Waals surface area contributed by atoms with Crippen molar-refractivity contribution in [2.75, 3.05) is 39.8 Å². The van der Waals surface area contributed by atoms with Gasteiger partial charge in [0.25, 0.3) is 0 Å². The monoisotopic (exact) mass is 256 g/mol. The minimum absolute atomic E-state index is 0.262. The van der Waals surface area contributed by atoms with E-state index in [1.54, 1.807) is 0 Å². The Morgan fingerprint density at radius 3 is 2.67 bits per heavy atom. The van der Waals surface area contributed by atoms with E-state index in [2.05, 4.69) is 36.0 Å². The van der Waals surface area contributed by atoms with Gasteiger partial charge in [-0.15, -0.1) is 0 Å². The molecule has 0 aliphatic carbocycles. The summed E-state index contributed by atoms with van der Waals surface area (Å²) in [6.45, 7) is 10.8. The van der Waals surface area contributed by atoms with Gasteiger partial charge in [0.2, 0.25) is 5.91 Å². The molecule has 1 rings (SSSR count). The smallest absolute Gasteiger partial charge is 0.238 e. The molecule has 0 spiro atoms. The van der Waals surface area contributed by atoms with Crippen LogP contribution < -0.4 is 11.1 Å².